The highest BCUT2D eigenvalue weighted by Crippen LogP contribution is 2.39. The van der Waals surface area contributed by atoms with Gasteiger partial charge in [0.2, 0.25) is 0 Å². The molecule has 6 aromatic carbocycles. The third kappa shape index (κ3) is 3.93. The van der Waals surface area contributed by atoms with Crippen molar-refractivity contribution in [1.82, 2.24) is 4.57 Å². The van der Waals surface area contributed by atoms with Gasteiger partial charge >= 0.3 is 0 Å². The topological polar surface area (TPSA) is 18.1 Å². The van der Waals surface area contributed by atoms with Crippen LogP contribution in [-0.4, -0.2) is 4.57 Å². The van der Waals surface area contributed by atoms with Gasteiger partial charge < -0.3 is 8.98 Å². The van der Waals surface area contributed by atoms with Crippen LogP contribution in [0.15, 0.2) is 120 Å². The van der Waals surface area contributed by atoms with E-state index in [9.17, 15) is 0 Å². The lowest BCUT2D eigenvalue weighted by Crippen LogP contribution is -1.95. The molecule has 9 aromatic rings. The number of rotatable bonds is 4. The second-order valence-electron chi connectivity index (χ2n) is 12.4. The van der Waals surface area contributed by atoms with Crippen molar-refractivity contribution < 1.29 is 4.42 Å². The van der Waals surface area contributed by atoms with Crippen molar-refractivity contribution in [2.75, 3.05) is 0 Å². The molecule has 0 aliphatic heterocycles. The minimum absolute atomic E-state index is 0.267. The lowest BCUT2D eigenvalue weighted by atomic mass is 9.92. The van der Waals surface area contributed by atoms with E-state index in [0.29, 0.717) is 0 Å². The molecule has 0 radical (unpaired) electrons. The van der Waals surface area contributed by atoms with Crippen molar-refractivity contribution in [3.63, 3.8) is 0 Å². The third-order valence-electron chi connectivity index (χ3n) is 9.60. The fraction of sp³-hybridized carbons (Fsp3) is 0.122. The maximum absolute atomic E-state index is 6.27. The van der Waals surface area contributed by atoms with Gasteiger partial charge in [0.15, 0.2) is 0 Å². The molecule has 3 heteroatoms. The lowest BCUT2D eigenvalue weighted by molar-refractivity contribution is 0.667. The van der Waals surface area contributed by atoms with E-state index in [-0.39, 0.29) is 5.92 Å². The first-order valence-corrected chi connectivity index (χ1v) is 16.2. The van der Waals surface area contributed by atoms with Gasteiger partial charge in [-0.05, 0) is 77.6 Å². The van der Waals surface area contributed by atoms with Crippen molar-refractivity contribution in [3.8, 4) is 0 Å². The summed E-state index contributed by atoms with van der Waals surface area (Å²) in [5.41, 5.74) is 11.0. The van der Waals surface area contributed by atoms with Gasteiger partial charge in [0.05, 0.1) is 0 Å². The number of thiophene rings is 1. The minimum atomic E-state index is 0.267. The molecule has 9 rings (SSSR count). The molecule has 44 heavy (non-hydrogen) atoms. The van der Waals surface area contributed by atoms with E-state index in [4.69, 9.17) is 4.42 Å². The predicted octanol–water partition coefficient (Wildman–Crippen LogP) is 11.6. The fourth-order valence-corrected chi connectivity index (χ4v) is 8.35. The van der Waals surface area contributed by atoms with Crippen LogP contribution in [0, 0.1) is 6.92 Å². The van der Waals surface area contributed by atoms with Crippen molar-refractivity contribution in [1.29, 1.82) is 0 Å². The standard InChI is InChI=1S/C41H31NOS/c1-24-8-13-32-33-16-11-28(22-39(33)43-38(32)18-24)25(2)29-12-17-35-34-15-10-27(21-40(34)44-41(35)23-29)19-26-9-14-31-30-6-4-5-7-36(30)42(3)37(31)20-26/h4-18,20-23,25H,19H2,1-3H3/t25-/m1/s1. The molecule has 0 spiro atoms. The Hall–Kier alpha value is -4.86. The van der Waals surface area contributed by atoms with Crippen LogP contribution in [0.2, 0.25) is 0 Å². The minimum Gasteiger partial charge on any atom is -0.456 e. The van der Waals surface area contributed by atoms with Crippen LogP contribution in [0.3, 0.4) is 0 Å². The molecule has 212 valence electrons. The maximum Gasteiger partial charge on any atom is 0.135 e. The molecule has 0 amide bonds. The highest BCUT2D eigenvalue weighted by Gasteiger charge is 2.15. The van der Waals surface area contributed by atoms with E-state index in [0.717, 1.165) is 17.6 Å². The fourth-order valence-electron chi connectivity index (χ4n) is 7.13. The van der Waals surface area contributed by atoms with Crippen molar-refractivity contribution in [2.45, 2.75) is 26.2 Å². The van der Waals surface area contributed by atoms with Crippen LogP contribution in [0.25, 0.3) is 63.9 Å². The van der Waals surface area contributed by atoms with Crippen molar-refractivity contribution in [2.24, 2.45) is 7.05 Å². The molecular formula is C41H31NOS. The van der Waals surface area contributed by atoms with Gasteiger partial charge in [0.1, 0.15) is 11.2 Å². The monoisotopic (exact) mass is 585 g/mol. The SMILES string of the molecule is Cc1ccc2c(c1)oc1cc([C@@H](C)c3ccc4c(c3)sc3cc(Cc5ccc6c7ccccc7n(C)c6c5)ccc34)ccc12. The third-order valence-corrected chi connectivity index (χ3v) is 10.7. The van der Waals surface area contributed by atoms with E-state index in [2.05, 4.69) is 141 Å². The van der Waals surface area contributed by atoms with Gasteiger partial charge in [-0.3, -0.25) is 0 Å². The molecule has 2 nitrogen and oxygen atoms in total. The Labute approximate surface area is 259 Å². The number of furan rings is 1. The Kier molecular flexibility index (Phi) is 5.57. The zero-order chi connectivity index (χ0) is 29.5. The number of aryl methyl sites for hydroxylation is 2. The summed E-state index contributed by atoms with van der Waals surface area (Å²) in [5, 5.41) is 7.70. The average molecular weight is 586 g/mol. The second kappa shape index (κ2) is 9.57. The van der Waals surface area contributed by atoms with E-state index in [1.165, 1.54) is 80.6 Å². The summed E-state index contributed by atoms with van der Waals surface area (Å²) in [6, 6.07) is 42.8. The summed E-state index contributed by atoms with van der Waals surface area (Å²) in [5.74, 6) is 0.267. The second-order valence-corrected chi connectivity index (χ2v) is 13.5. The number of hydrogen-bond donors (Lipinski definition) is 0. The van der Waals surface area contributed by atoms with Crippen LogP contribution in [0.5, 0.6) is 0 Å². The van der Waals surface area contributed by atoms with Gasteiger partial charge in [0, 0.05) is 65.7 Å². The average Bonchev–Trinajstić information content (AvgIpc) is 3.68. The Bertz CT molecular complexity index is 2580. The van der Waals surface area contributed by atoms with Gasteiger partial charge in [-0.15, -0.1) is 11.3 Å². The summed E-state index contributed by atoms with van der Waals surface area (Å²) < 4.78 is 11.3. The first-order chi connectivity index (χ1) is 21.5. The number of nitrogens with zero attached hydrogens (tertiary/aromatic N) is 1. The predicted molar refractivity (Wildman–Crippen MR) is 189 cm³/mol. The van der Waals surface area contributed by atoms with Crippen LogP contribution >= 0.6 is 11.3 Å². The van der Waals surface area contributed by atoms with E-state index in [1.54, 1.807) is 0 Å². The lowest BCUT2D eigenvalue weighted by Gasteiger charge is -2.12. The maximum atomic E-state index is 6.27. The Morgan fingerprint density at radius 2 is 1.20 bits per heavy atom. The molecule has 0 fully saturated rings. The van der Waals surface area contributed by atoms with Crippen LogP contribution in [0.4, 0.5) is 0 Å². The Morgan fingerprint density at radius 1 is 0.591 bits per heavy atom. The molecule has 0 bridgehead atoms. The Morgan fingerprint density at radius 3 is 2.05 bits per heavy atom. The number of aromatic nitrogens is 1. The molecule has 1 atom stereocenters. The molecular weight excluding hydrogens is 555 g/mol. The number of para-hydroxylation sites is 1. The number of hydrogen-bond acceptors (Lipinski definition) is 2. The molecule has 0 unspecified atom stereocenters. The van der Waals surface area contributed by atoms with Crippen LogP contribution < -0.4 is 0 Å². The molecule has 0 aliphatic carbocycles. The van der Waals surface area contributed by atoms with E-state index < -0.39 is 0 Å². The largest absolute Gasteiger partial charge is 0.456 e. The summed E-state index contributed by atoms with van der Waals surface area (Å²) in [4.78, 5) is 0. The van der Waals surface area contributed by atoms with Gasteiger partial charge in [-0.25, -0.2) is 0 Å². The van der Waals surface area contributed by atoms with Gasteiger partial charge in [-0.1, -0.05) is 85.8 Å². The normalized spacial score (nSPS) is 12.9. The summed E-state index contributed by atoms with van der Waals surface area (Å²) in [6.45, 7) is 4.41. The first-order valence-electron chi connectivity index (χ1n) is 15.3. The highest BCUT2D eigenvalue weighted by molar-refractivity contribution is 7.25. The molecule has 0 saturated heterocycles. The summed E-state index contributed by atoms with van der Waals surface area (Å²) in [6.07, 6.45) is 0.924. The number of benzene rings is 6. The summed E-state index contributed by atoms with van der Waals surface area (Å²) >= 11 is 1.91. The zero-order valence-corrected chi connectivity index (χ0v) is 25.8. The smallest absolute Gasteiger partial charge is 0.135 e. The van der Waals surface area contributed by atoms with E-state index >= 15 is 0 Å². The molecule has 3 heterocycles. The van der Waals surface area contributed by atoms with E-state index in [1.807, 2.05) is 11.3 Å². The van der Waals surface area contributed by atoms with Crippen LogP contribution in [0.1, 0.15) is 40.7 Å². The van der Waals surface area contributed by atoms with Crippen molar-refractivity contribution >= 4 is 75.3 Å². The quantitative estimate of drug-likeness (QED) is 0.201. The number of fused-ring (bicyclic) bond motifs is 9. The van der Waals surface area contributed by atoms with Gasteiger partial charge in [0.25, 0.3) is 0 Å². The van der Waals surface area contributed by atoms with Gasteiger partial charge in [-0.2, -0.15) is 0 Å². The molecule has 0 saturated carbocycles. The zero-order valence-electron chi connectivity index (χ0n) is 25.0. The molecule has 0 aliphatic rings. The molecule has 3 aromatic heterocycles. The first kappa shape index (κ1) is 25.6. The Balaban J connectivity index is 1.04. The van der Waals surface area contributed by atoms with Crippen LogP contribution in [-0.2, 0) is 13.5 Å². The van der Waals surface area contributed by atoms with Crippen molar-refractivity contribution in [3.05, 3.63) is 143 Å². The molecule has 0 N–H and O–H groups in total. The summed E-state index contributed by atoms with van der Waals surface area (Å²) in [7, 11) is 2.17. The highest BCUT2D eigenvalue weighted by atomic mass is 32.1.